The van der Waals surface area contributed by atoms with E-state index < -0.39 is 0 Å². The van der Waals surface area contributed by atoms with E-state index in [4.69, 9.17) is 0 Å². The molecule has 1 saturated carbocycles. The predicted octanol–water partition coefficient (Wildman–Crippen LogP) is 2.33. The summed E-state index contributed by atoms with van der Waals surface area (Å²) >= 11 is 0. The fourth-order valence-electron chi connectivity index (χ4n) is 3.19. The van der Waals surface area contributed by atoms with Crippen molar-refractivity contribution in [3.63, 3.8) is 0 Å². The molecule has 3 rings (SSSR count). The second-order valence-electron chi connectivity index (χ2n) is 4.70. The van der Waals surface area contributed by atoms with E-state index in [-0.39, 0.29) is 11.2 Å². The lowest BCUT2D eigenvalue weighted by Gasteiger charge is -2.22. The maximum Gasteiger partial charge on any atom is 0.143 e. The van der Waals surface area contributed by atoms with Crippen molar-refractivity contribution in [2.75, 3.05) is 0 Å². The van der Waals surface area contributed by atoms with Gasteiger partial charge in [0.25, 0.3) is 0 Å². The largest absolute Gasteiger partial charge is 0.508 e. The number of carbonyl (C=O) groups excluding carboxylic acids is 1. The molecule has 2 aliphatic rings. The summed E-state index contributed by atoms with van der Waals surface area (Å²) in [5, 5.41) is 9.52. The zero-order valence-corrected chi connectivity index (χ0v) is 8.62. The van der Waals surface area contributed by atoms with Crippen LogP contribution in [0.4, 0.5) is 0 Å². The molecule has 15 heavy (non-hydrogen) atoms. The molecule has 2 aliphatic carbocycles. The summed E-state index contributed by atoms with van der Waals surface area (Å²) in [6, 6.07) is 5.48. The number of aryl methyl sites for hydroxylation is 1. The molecular formula is C13H14O2. The molecule has 2 nitrogen and oxygen atoms in total. The van der Waals surface area contributed by atoms with Gasteiger partial charge in [-0.25, -0.2) is 0 Å². The fourth-order valence-corrected chi connectivity index (χ4v) is 3.19. The lowest BCUT2D eigenvalue weighted by Crippen LogP contribution is -2.27. The number of phenols is 1. The molecule has 78 valence electrons. The molecular weight excluding hydrogens is 188 g/mol. The molecule has 0 saturated heterocycles. The van der Waals surface area contributed by atoms with E-state index in [0.29, 0.717) is 5.78 Å². The zero-order valence-electron chi connectivity index (χ0n) is 8.62. The number of aromatic hydroxyl groups is 1. The first-order valence-corrected chi connectivity index (χ1v) is 5.58. The quantitative estimate of drug-likeness (QED) is 0.701. The molecule has 1 aromatic carbocycles. The molecule has 0 aromatic heterocycles. The van der Waals surface area contributed by atoms with Gasteiger partial charge in [0, 0.05) is 6.42 Å². The van der Waals surface area contributed by atoms with Crippen LogP contribution in [0.5, 0.6) is 5.75 Å². The van der Waals surface area contributed by atoms with Crippen LogP contribution in [0.25, 0.3) is 0 Å². The third-order valence-electron chi connectivity index (χ3n) is 3.97. The maximum absolute atomic E-state index is 12.0. The highest BCUT2D eigenvalue weighted by Crippen LogP contribution is 2.48. The highest BCUT2D eigenvalue weighted by Gasteiger charge is 2.47. The fraction of sp³-hybridized carbons (Fsp3) is 0.462. The summed E-state index contributed by atoms with van der Waals surface area (Å²) in [7, 11) is 0. The van der Waals surface area contributed by atoms with Crippen molar-refractivity contribution in [3.8, 4) is 5.75 Å². The Bertz CT molecular complexity index is 436. The van der Waals surface area contributed by atoms with Crippen molar-refractivity contribution >= 4 is 5.78 Å². The SMILES string of the molecule is O=C1CCCC12CCc1ccc(O)cc12. The van der Waals surface area contributed by atoms with Crippen molar-refractivity contribution in [2.45, 2.75) is 37.5 Å². The van der Waals surface area contributed by atoms with E-state index in [1.54, 1.807) is 12.1 Å². The van der Waals surface area contributed by atoms with E-state index in [2.05, 4.69) is 0 Å². The molecule has 0 aliphatic heterocycles. The van der Waals surface area contributed by atoms with Crippen LogP contribution in [0.15, 0.2) is 18.2 Å². The number of phenolic OH excluding ortho intramolecular Hbond substituents is 1. The molecule has 1 spiro atoms. The third kappa shape index (κ3) is 1.08. The molecule has 0 amide bonds. The topological polar surface area (TPSA) is 37.3 Å². The summed E-state index contributed by atoms with van der Waals surface area (Å²) in [5.74, 6) is 0.668. The Hall–Kier alpha value is -1.31. The van der Waals surface area contributed by atoms with E-state index in [1.807, 2.05) is 6.07 Å². The van der Waals surface area contributed by atoms with Gasteiger partial charge in [-0.05, 0) is 48.9 Å². The van der Waals surface area contributed by atoms with E-state index >= 15 is 0 Å². The van der Waals surface area contributed by atoms with Crippen LogP contribution in [0.1, 0.15) is 36.8 Å². The highest BCUT2D eigenvalue weighted by atomic mass is 16.3. The van der Waals surface area contributed by atoms with Crippen molar-refractivity contribution in [1.82, 2.24) is 0 Å². The first-order chi connectivity index (χ1) is 7.22. The molecule has 0 heterocycles. The van der Waals surface area contributed by atoms with Gasteiger partial charge in [-0.3, -0.25) is 4.79 Å². The Labute approximate surface area is 88.9 Å². The number of rotatable bonds is 0. The predicted molar refractivity (Wildman–Crippen MR) is 57.0 cm³/mol. The summed E-state index contributed by atoms with van der Waals surface area (Å²) < 4.78 is 0. The lowest BCUT2D eigenvalue weighted by molar-refractivity contribution is -0.122. The number of benzene rings is 1. The third-order valence-corrected chi connectivity index (χ3v) is 3.97. The smallest absolute Gasteiger partial charge is 0.143 e. The van der Waals surface area contributed by atoms with E-state index in [0.717, 1.165) is 37.7 Å². The van der Waals surface area contributed by atoms with Gasteiger partial charge in [-0.1, -0.05) is 6.07 Å². The Morgan fingerprint density at radius 3 is 2.80 bits per heavy atom. The molecule has 0 bridgehead atoms. The summed E-state index contributed by atoms with van der Waals surface area (Å²) in [6.45, 7) is 0. The molecule has 1 atom stereocenters. The number of fused-ring (bicyclic) bond motifs is 2. The van der Waals surface area contributed by atoms with E-state index in [9.17, 15) is 9.90 Å². The zero-order chi connectivity index (χ0) is 10.5. The Morgan fingerprint density at radius 2 is 2.07 bits per heavy atom. The minimum absolute atomic E-state index is 0.228. The van der Waals surface area contributed by atoms with Gasteiger partial charge >= 0.3 is 0 Å². The molecule has 1 aromatic rings. The summed E-state index contributed by atoms with van der Waals surface area (Å²) in [6.07, 6.45) is 4.64. The van der Waals surface area contributed by atoms with Crippen LogP contribution in [0.3, 0.4) is 0 Å². The van der Waals surface area contributed by atoms with Gasteiger partial charge in [-0.2, -0.15) is 0 Å². The maximum atomic E-state index is 12.0. The summed E-state index contributed by atoms with van der Waals surface area (Å²) in [4.78, 5) is 12.0. The van der Waals surface area contributed by atoms with Gasteiger partial charge < -0.3 is 5.11 Å². The molecule has 1 N–H and O–H groups in total. The minimum atomic E-state index is -0.228. The standard InChI is InChI=1S/C13H14O2/c14-10-4-3-9-5-7-13(11(9)8-10)6-1-2-12(13)15/h3-4,8,14H,1-2,5-7H2. The molecule has 1 unspecified atom stereocenters. The van der Waals surface area contributed by atoms with Crippen LogP contribution in [0, 0.1) is 0 Å². The molecule has 1 fully saturated rings. The number of carbonyl (C=O) groups is 1. The molecule has 2 heteroatoms. The first kappa shape index (κ1) is 8.96. The van der Waals surface area contributed by atoms with Gasteiger partial charge in [0.1, 0.15) is 11.5 Å². The average molecular weight is 202 g/mol. The molecule has 0 radical (unpaired) electrons. The number of hydrogen-bond acceptors (Lipinski definition) is 2. The van der Waals surface area contributed by atoms with Crippen molar-refractivity contribution < 1.29 is 9.90 Å². The minimum Gasteiger partial charge on any atom is -0.508 e. The normalized spacial score (nSPS) is 28.7. The van der Waals surface area contributed by atoms with Gasteiger partial charge in [-0.15, -0.1) is 0 Å². The second-order valence-corrected chi connectivity index (χ2v) is 4.70. The lowest BCUT2D eigenvalue weighted by atomic mass is 9.79. The van der Waals surface area contributed by atoms with Gasteiger partial charge in [0.2, 0.25) is 0 Å². The van der Waals surface area contributed by atoms with Gasteiger partial charge in [0.15, 0.2) is 0 Å². The first-order valence-electron chi connectivity index (χ1n) is 5.58. The van der Waals surface area contributed by atoms with Crippen LogP contribution in [-0.2, 0) is 16.6 Å². The highest BCUT2D eigenvalue weighted by molar-refractivity contribution is 5.93. The van der Waals surface area contributed by atoms with Crippen LogP contribution in [-0.4, -0.2) is 10.9 Å². The van der Waals surface area contributed by atoms with E-state index in [1.165, 1.54) is 5.56 Å². The van der Waals surface area contributed by atoms with Crippen molar-refractivity contribution in [3.05, 3.63) is 29.3 Å². The average Bonchev–Trinajstić information content (AvgIpc) is 2.75. The van der Waals surface area contributed by atoms with Gasteiger partial charge in [0.05, 0.1) is 5.41 Å². The van der Waals surface area contributed by atoms with Crippen molar-refractivity contribution in [2.24, 2.45) is 0 Å². The number of Topliss-reactive ketones (excluding diaryl/α,β-unsaturated/α-hetero) is 1. The van der Waals surface area contributed by atoms with Crippen LogP contribution in [0.2, 0.25) is 0 Å². The number of hydrogen-bond donors (Lipinski definition) is 1. The van der Waals surface area contributed by atoms with Crippen molar-refractivity contribution in [1.29, 1.82) is 0 Å². The summed E-state index contributed by atoms with van der Waals surface area (Å²) in [5.41, 5.74) is 2.13. The Balaban J connectivity index is 2.18. The van der Waals surface area contributed by atoms with Crippen LogP contribution < -0.4 is 0 Å². The number of ketones is 1. The Morgan fingerprint density at radius 1 is 1.20 bits per heavy atom. The monoisotopic (exact) mass is 202 g/mol. The van der Waals surface area contributed by atoms with Crippen LogP contribution >= 0.6 is 0 Å². The Kier molecular flexibility index (Phi) is 1.70. The second kappa shape index (κ2) is 2.84.